The number of carbonyl (C=O) groups excluding carboxylic acids is 4. The normalized spacial score (nSPS) is 20.9. The molecule has 2 aliphatic rings. The molecule has 1 saturated heterocycles. The predicted molar refractivity (Wildman–Crippen MR) is 170 cm³/mol. The first-order chi connectivity index (χ1) is 22.7. The molecule has 2 fully saturated rings. The second kappa shape index (κ2) is 16.1. The number of amides is 3. The number of nitrogens with one attached hydrogen (secondary N) is 2. The number of alkyl halides is 3. The maximum atomic E-state index is 15.7. The topological polar surface area (TPSA) is 117 Å². The zero-order valence-electron chi connectivity index (χ0n) is 28.0. The first-order valence-electron chi connectivity index (χ1n) is 16.7. The van der Waals surface area contributed by atoms with E-state index in [1.165, 1.54) is 29.1 Å². The van der Waals surface area contributed by atoms with E-state index in [0.29, 0.717) is 38.3 Å². The summed E-state index contributed by atoms with van der Waals surface area (Å²) in [6.45, 7) is 8.00. The van der Waals surface area contributed by atoms with Gasteiger partial charge in [-0.3, -0.25) is 23.9 Å². The van der Waals surface area contributed by atoms with Crippen LogP contribution >= 0.6 is 0 Å². The summed E-state index contributed by atoms with van der Waals surface area (Å²) in [6, 6.07) is 3.75. The summed E-state index contributed by atoms with van der Waals surface area (Å²) in [5.41, 5.74) is 0.715. The SMILES string of the molecule is CCC(=O)N[C@@H](C(=O)N1CCN(C)CC1)[C@@H](C)c1ccc(CC(=O)[C@@H](NC(=O)c2ccnn2CC)C2CCC(C(F)(F)F)CC2)c(F)c1. The Morgan fingerprint density at radius 2 is 1.65 bits per heavy atom. The third kappa shape index (κ3) is 9.00. The fourth-order valence-electron chi connectivity index (χ4n) is 6.61. The van der Waals surface area contributed by atoms with E-state index in [4.69, 9.17) is 0 Å². The van der Waals surface area contributed by atoms with Gasteiger partial charge >= 0.3 is 6.18 Å². The molecule has 264 valence electrons. The number of hydrogen-bond donors (Lipinski definition) is 2. The highest BCUT2D eigenvalue weighted by molar-refractivity contribution is 5.97. The molecule has 2 N–H and O–H groups in total. The third-order valence-corrected chi connectivity index (χ3v) is 9.77. The smallest absolute Gasteiger partial charge is 0.344 e. The van der Waals surface area contributed by atoms with Crippen molar-refractivity contribution in [3.8, 4) is 0 Å². The molecule has 4 rings (SSSR count). The number of piperazine rings is 1. The number of rotatable bonds is 12. The standard InChI is InChI=1S/C34H46F4N6O4/c1-5-29(46)40-30(33(48)43-17-15-42(4)16-18-43)21(3)23-7-8-24(26(35)19-23)20-28(45)31(22-9-11-25(12-10-22)34(36,37)38)41-32(47)27-13-14-39-44(27)6-2/h7-8,13-14,19,21-22,25,30-31H,5-6,9-12,15-18,20H2,1-4H3,(H,40,46)(H,41,47)/t21-,22?,25?,30+,31-/m0/s1. The molecule has 1 aromatic heterocycles. The maximum absolute atomic E-state index is 15.7. The number of aryl methyl sites for hydroxylation is 1. The van der Waals surface area contributed by atoms with Crippen LogP contribution in [0.3, 0.4) is 0 Å². The minimum Gasteiger partial charge on any atom is -0.344 e. The Morgan fingerprint density at radius 1 is 0.979 bits per heavy atom. The maximum Gasteiger partial charge on any atom is 0.391 e. The molecule has 1 aliphatic carbocycles. The number of aromatic nitrogens is 2. The molecular weight excluding hydrogens is 632 g/mol. The highest BCUT2D eigenvalue weighted by atomic mass is 19.4. The van der Waals surface area contributed by atoms with Crippen LogP contribution in [-0.2, 0) is 27.3 Å². The number of Topliss-reactive ketones (excluding diaryl/α,β-unsaturated/α-hetero) is 1. The van der Waals surface area contributed by atoms with E-state index in [1.54, 1.807) is 31.7 Å². The summed E-state index contributed by atoms with van der Waals surface area (Å²) in [5, 5.41) is 9.62. The Bertz CT molecular complexity index is 1450. The second-order valence-corrected chi connectivity index (χ2v) is 12.9. The van der Waals surface area contributed by atoms with Crippen LogP contribution in [0.5, 0.6) is 0 Å². The van der Waals surface area contributed by atoms with Crippen LogP contribution in [0, 0.1) is 17.7 Å². The van der Waals surface area contributed by atoms with Crippen LogP contribution in [0.25, 0.3) is 0 Å². The molecule has 3 atom stereocenters. The van der Waals surface area contributed by atoms with E-state index >= 15 is 4.39 Å². The molecule has 14 heteroatoms. The number of hydrogen-bond acceptors (Lipinski definition) is 6. The van der Waals surface area contributed by atoms with Crippen molar-refractivity contribution >= 4 is 23.5 Å². The first kappa shape index (κ1) is 37.0. The number of nitrogens with zero attached hydrogens (tertiary/aromatic N) is 4. The molecule has 48 heavy (non-hydrogen) atoms. The summed E-state index contributed by atoms with van der Waals surface area (Å²) in [6.07, 6.45) is -3.28. The minimum atomic E-state index is -4.34. The summed E-state index contributed by atoms with van der Waals surface area (Å²) in [7, 11) is 1.96. The molecule has 0 spiro atoms. The van der Waals surface area contributed by atoms with Crippen LogP contribution in [0.15, 0.2) is 30.5 Å². The first-order valence-corrected chi connectivity index (χ1v) is 16.7. The van der Waals surface area contributed by atoms with Crippen molar-refractivity contribution in [1.82, 2.24) is 30.2 Å². The Kier molecular flexibility index (Phi) is 12.4. The summed E-state index contributed by atoms with van der Waals surface area (Å²) in [5.74, 6) is -4.97. The van der Waals surface area contributed by atoms with Gasteiger partial charge in [0.2, 0.25) is 11.8 Å². The Labute approximate surface area is 278 Å². The summed E-state index contributed by atoms with van der Waals surface area (Å²) < 4.78 is 57.3. The highest BCUT2D eigenvalue weighted by Gasteiger charge is 2.44. The van der Waals surface area contributed by atoms with Gasteiger partial charge in [-0.25, -0.2) is 4.39 Å². The summed E-state index contributed by atoms with van der Waals surface area (Å²) in [4.78, 5) is 56.7. The molecule has 0 bridgehead atoms. The van der Waals surface area contributed by atoms with Crippen molar-refractivity contribution in [3.63, 3.8) is 0 Å². The van der Waals surface area contributed by atoms with Gasteiger partial charge in [-0.15, -0.1) is 0 Å². The van der Waals surface area contributed by atoms with Gasteiger partial charge in [0, 0.05) is 57.7 Å². The quantitative estimate of drug-likeness (QED) is 0.327. The lowest BCUT2D eigenvalue weighted by molar-refractivity contribution is -0.184. The lowest BCUT2D eigenvalue weighted by atomic mass is 9.76. The number of likely N-dealkylation sites (N-methyl/N-ethyl adjacent to an activating group) is 1. The molecule has 2 heterocycles. The van der Waals surface area contributed by atoms with Crippen molar-refractivity contribution in [1.29, 1.82) is 0 Å². The van der Waals surface area contributed by atoms with E-state index in [-0.39, 0.29) is 55.2 Å². The van der Waals surface area contributed by atoms with Crippen molar-refractivity contribution in [3.05, 3.63) is 53.1 Å². The number of benzene rings is 1. The number of ketones is 1. The van der Waals surface area contributed by atoms with Gasteiger partial charge in [0.05, 0.1) is 12.0 Å². The van der Waals surface area contributed by atoms with Gasteiger partial charge in [0.15, 0.2) is 5.78 Å². The zero-order valence-corrected chi connectivity index (χ0v) is 28.0. The van der Waals surface area contributed by atoms with E-state index < -0.39 is 59.9 Å². The largest absolute Gasteiger partial charge is 0.391 e. The van der Waals surface area contributed by atoms with Crippen molar-refractivity contribution < 1.29 is 36.7 Å². The molecule has 10 nitrogen and oxygen atoms in total. The molecule has 1 aromatic carbocycles. The van der Waals surface area contributed by atoms with E-state index in [2.05, 4.69) is 20.6 Å². The zero-order chi connectivity index (χ0) is 35.2. The fourth-order valence-corrected chi connectivity index (χ4v) is 6.61. The lowest BCUT2D eigenvalue weighted by Crippen LogP contribution is -2.55. The van der Waals surface area contributed by atoms with Crippen LogP contribution in [0.2, 0.25) is 0 Å². The number of halogens is 4. The molecule has 1 aliphatic heterocycles. The van der Waals surface area contributed by atoms with Gasteiger partial charge in [-0.2, -0.15) is 18.3 Å². The fraction of sp³-hybridized carbons (Fsp3) is 0.618. The Hall–Kier alpha value is -3.81. The second-order valence-electron chi connectivity index (χ2n) is 12.9. The summed E-state index contributed by atoms with van der Waals surface area (Å²) >= 11 is 0. The van der Waals surface area contributed by atoms with Crippen LogP contribution in [-0.4, -0.2) is 94.6 Å². The van der Waals surface area contributed by atoms with Gasteiger partial charge < -0.3 is 20.4 Å². The van der Waals surface area contributed by atoms with Gasteiger partial charge in [0.25, 0.3) is 5.91 Å². The monoisotopic (exact) mass is 678 g/mol. The average molecular weight is 679 g/mol. The number of carbonyl (C=O) groups is 4. The van der Waals surface area contributed by atoms with Crippen LogP contribution in [0.1, 0.15) is 80.4 Å². The average Bonchev–Trinajstić information content (AvgIpc) is 3.55. The highest BCUT2D eigenvalue weighted by Crippen LogP contribution is 2.40. The van der Waals surface area contributed by atoms with Crippen molar-refractivity contribution in [2.45, 2.75) is 90.0 Å². The minimum absolute atomic E-state index is 0.0531. The van der Waals surface area contributed by atoms with E-state index in [0.717, 1.165) is 0 Å². The van der Waals surface area contributed by atoms with Crippen LogP contribution in [0.4, 0.5) is 17.6 Å². The molecule has 3 amide bonds. The van der Waals surface area contributed by atoms with E-state index in [1.807, 2.05) is 7.05 Å². The molecule has 1 saturated carbocycles. The molecular formula is C34H46F4N6O4. The Balaban J connectivity index is 1.53. The lowest BCUT2D eigenvalue weighted by Gasteiger charge is -2.36. The van der Waals surface area contributed by atoms with Crippen LogP contribution < -0.4 is 10.6 Å². The van der Waals surface area contributed by atoms with Gasteiger partial charge in [-0.1, -0.05) is 26.0 Å². The van der Waals surface area contributed by atoms with Gasteiger partial charge in [-0.05, 0) is 68.8 Å². The molecule has 0 radical (unpaired) electrons. The molecule has 2 aromatic rings. The van der Waals surface area contributed by atoms with Gasteiger partial charge in [0.1, 0.15) is 17.6 Å². The molecule has 0 unspecified atom stereocenters. The van der Waals surface area contributed by atoms with E-state index in [9.17, 15) is 32.3 Å². The van der Waals surface area contributed by atoms with Crippen molar-refractivity contribution in [2.75, 3.05) is 33.2 Å². The Morgan fingerprint density at radius 3 is 2.23 bits per heavy atom. The predicted octanol–water partition coefficient (Wildman–Crippen LogP) is 4.09. The van der Waals surface area contributed by atoms with Crippen molar-refractivity contribution in [2.24, 2.45) is 11.8 Å². The third-order valence-electron chi connectivity index (χ3n) is 9.77.